The molecule has 3 aromatic rings. The van der Waals surface area contributed by atoms with Crippen molar-refractivity contribution in [2.75, 3.05) is 5.32 Å². The molecule has 4 nitrogen and oxygen atoms in total. The highest BCUT2D eigenvalue weighted by Gasteiger charge is 2.11. The molecule has 26 heavy (non-hydrogen) atoms. The van der Waals surface area contributed by atoms with E-state index in [9.17, 15) is 4.79 Å². The number of amides is 1. The van der Waals surface area contributed by atoms with Crippen LogP contribution in [0.3, 0.4) is 0 Å². The van der Waals surface area contributed by atoms with E-state index >= 15 is 0 Å². The maximum absolute atomic E-state index is 12.2. The number of aromatic nitrogens is 1. The molecule has 0 fully saturated rings. The lowest BCUT2D eigenvalue weighted by atomic mass is 10.1. The first-order chi connectivity index (χ1) is 12.8. The summed E-state index contributed by atoms with van der Waals surface area (Å²) in [5, 5.41) is 3.87. The molecule has 4 heteroatoms. The molecule has 0 saturated carbocycles. The van der Waals surface area contributed by atoms with Gasteiger partial charge >= 0.3 is 0 Å². The van der Waals surface area contributed by atoms with Crippen LogP contribution in [0.2, 0.25) is 0 Å². The number of para-hydroxylation sites is 1. The normalized spacial score (nSPS) is 10.7. The number of nitrogens with one attached hydrogen (secondary N) is 1. The average Bonchev–Trinajstić information content (AvgIpc) is 2.68. The number of hydrogen-bond acceptors (Lipinski definition) is 3. The lowest BCUT2D eigenvalue weighted by Crippen LogP contribution is -2.11. The van der Waals surface area contributed by atoms with E-state index in [0.717, 1.165) is 40.9 Å². The zero-order chi connectivity index (χ0) is 18.2. The number of fused-ring (bicyclic) bond motifs is 1. The minimum atomic E-state index is 0.0322. The average molecular weight is 348 g/mol. The Bertz CT molecular complexity index is 862. The smallest absolute Gasteiger partial charge is 0.224 e. The van der Waals surface area contributed by atoms with Crippen molar-refractivity contribution in [2.24, 2.45) is 0 Å². The van der Waals surface area contributed by atoms with Crippen molar-refractivity contribution in [2.45, 2.75) is 39.0 Å². The largest absolute Gasteiger partial charge is 0.457 e. The highest BCUT2D eigenvalue weighted by Crippen LogP contribution is 2.33. The van der Waals surface area contributed by atoms with Crippen LogP contribution in [0, 0.1) is 0 Å². The molecule has 134 valence electrons. The molecule has 1 aromatic heterocycles. The molecule has 0 aliphatic rings. The summed E-state index contributed by atoms with van der Waals surface area (Å²) in [5.74, 6) is 1.52. The summed E-state index contributed by atoms with van der Waals surface area (Å²) in [6.45, 7) is 2.16. The molecule has 3 rings (SSSR count). The van der Waals surface area contributed by atoms with Crippen LogP contribution in [0.4, 0.5) is 5.69 Å². The van der Waals surface area contributed by atoms with Gasteiger partial charge in [0.2, 0.25) is 5.91 Å². The van der Waals surface area contributed by atoms with Gasteiger partial charge in [0.05, 0.1) is 11.2 Å². The highest BCUT2D eigenvalue weighted by molar-refractivity contribution is 6.02. The minimum absolute atomic E-state index is 0.0322. The standard InChI is InChI=1S/C22H24N2O2/c1-2-3-4-8-13-21(25)24-19-14-15-20(18-12-9-16-23-22(18)19)26-17-10-6-5-7-11-17/h5-7,9-12,14-16H,2-4,8,13H2,1H3,(H,24,25). The minimum Gasteiger partial charge on any atom is -0.457 e. The number of rotatable bonds is 8. The first-order valence-electron chi connectivity index (χ1n) is 9.18. The van der Waals surface area contributed by atoms with Gasteiger partial charge in [0.25, 0.3) is 0 Å². The highest BCUT2D eigenvalue weighted by atomic mass is 16.5. The quantitative estimate of drug-likeness (QED) is 0.513. The van der Waals surface area contributed by atoms with E-state index in [0.29, 0.717) is 6.42 Å². The van der Waals surface area contributed by atoms with Gasteiger partial charge in [0.15, 0.2) is 0 Å². The van der Waals surface area contributed by atoms with Gasteiger partial charge in [-0.05, 0) is 42.8 Å². The van der Waals surface area contributed by atoms with Gasteiger partial charge in [-0.25, -0.2) is 0 Å². The fourth-order valence-corrected chi connectivity index (χ4v) is 2.88. The molecule has 2 aromatic carbocycles. The van der Waals surface area contributed by atoms with Crippen molar-refractivity contribution in [3.63, 3.8) is 0 Å². The van der Waals surface area contributed by atoms with Crippen LogP contribution < -0.4 is 10.1 Å². The zero-order valence-electron chi connectivity index (χ0n) is 15.1. The molecule has 1 N–H and O–H groups in total. The Balaban J connectivity index is 1.78. The van der Waals surface area contributed by atoms with Gasteiger partial charge in [-0.2, -0.15) is 0 Å². The molecule has 0 bridgehead atoms. The van der Waals surface area contributed by atoms with E-state index in [-0.39, 0.29) is 5.91 Å². The third-order valence-electron chi connectivity index (χ3n) is 4.23. The maximum atomic E-state index is 12.2. The number of hydrogen-bond donors (Lipinski definition) is 1. The van der Waals surface area contributed by atoms with Crippen LogP contribution in [-0.4, -0.2) is 10.9 Å². The van der Waals surface area contributed by atoms with E-state index in [4.69, 9.17) is 4.74 Å². The van der Waals surface area contributed by atoms with Gasteiger partial charge < -0.3 is 10.1 Å². The van der Waals surface area contributed by atoms with Crippen molar-refractivity contribution >= 4 is 22.5 Å². The molecule has 0 saturated heterocycles. The third kappa shape index (κ3) is 4.60. The fraction of sp³-hybridized carbons (Fsp3) is 0.273. The summed E-state index contributed by atoms with van der Waals surface area (Å²) in [6, 6.07) is 17.2. The Morgan fingerprint density at radius 2 is 1.85 bits per heavy atom. The predicted octanol–water partition coefficient (Wildman–Crippen LogP) is 5.94. The monoisotopic (exact) mass is 348 g/mol. The number of benzene rings is 2. The topological polar surface area (TPSA) is 51.2 Å². The Hall–Kier alpha value is -2.88. The van der Waals surface area contributed by atoms with E-state index in [2.05, 4.69) is 17.2 Å². The van der Waals surface area contributed by atoms with Crippen molar-refractivity contribution in [1.82, 2.24) is 4.98 Å². The van der Waals surface area contributed by atoms with Crippen LogP contribution in [0.1, 0.15) is 39.0 Å². The van der Waals surface area contributed by atoms with Crippen LogP contribution in [-0.2, 0) is 4.79 Å². The van der Waals surface area contributed by atoms with Crippen molar-refractivity contribution in [3.05, 3.63) is 60.8 Å². The van der Waals surface area contributed by atoms with E-state index in [1.807, 2.05) is 54.6 Å². The maximum Gasteiger partial charge on any atom is 0.224 e. The Kier molecular flexibility index (Phi) is 6.20. The molecule has 0 spiro atoms. The molecular formula is C22H24N2O2. The number of carbonyl (C=O) groups is 1. The summed E-state index contributed by atoms with van der Waals surface area (Å²) in [6.07, 6.45) is 6.61. The molecular weight excluding hydrogens is 324 g/mol. The molecule has 1 heterocycles. The van der Waals surface area contributed by atoms with Gasteiger partial charge in [0, 0.05) is 18.0 Å². The molecule has 0 aliphatic carbocycles. The second-order valence-corrected chi connectivity index (χ2v) is 6.28. The fourth-order valence-electron chi connectivity index (χ4n) is 2.88. The summed E-state index contributed by atoms with van der Waals surface area (Å²) >= 11 is 0. The number of pyridine rings is 1. The van der Waals surface area contributed by atoms with Gasteiger partial charge in [-0.3, -0.25) is 9.78 Å². The van der Waals surface area contributed by atoms with E-state index in [1.165, 1.54) is 12.8 Å². The Morgan fingerprint density at radius 1 is 1.00 bits per heavy atom. The summed E-state index contributed by atoms with van der Waals surface area (Å²) in [4.78, 5) is 16.7. The SMILES string of the molecule is CCCCCCC(=O)Nc1ccc(Oc2ccccc2)c2cccnc12. The number of nitrogens with zero attached hydrogens (tertiary/aromatic N) is 1. The molecule has 0 unspecified atom stereocenters. The molecule has 0 atom stereocenters. The van der Waals surface area contributed by atoms with E-state index < -0.39 is 0 Å². The molecule has 0 aliphatic heterocycles. The molecule has 1 amide bonds. The number of anilines is 1. The van der Waals surface area contributed by atoms with Gasteiger partial charge in [0.1, 0.15) is 11.5 Å². The first-order valence-corrected chi connectivity index (χ1v) is 9.18. The second kappa shape index (κ2) is 8.99. The lowest BCUT2D eigenvalue weighted by Gasteiger charge is -2.12. The van der Waals surface area contributed by atoms with Crippen LogP contribution in [0.5, 0.6) is 11.5 Å². The van der Waals surface area contributed by atoms with E-state index in [1.54, 1.807) is 6.20 Å². The number of ether oxygens (including phenoxy) is 1. The van der Waals surface area contributed by atoms with Crippen LogP contribution in [0.15, 0.2) is 60.8 Å². The zero-order valence-corrected chi connectivity index (χ0v) is 15.1. The first kappa shape index (κ1) is 17.9. The van der Waals surface area contributed by atoms with Crippen molar-refractivity contribution < 1.29 is 9.53 Å². The Morgan fingerprint density at radius 3 is 2.65 bits per heavy atom. The second-order valence-electron chi connectivity index (χ2n) is 6.28. The third-order valence-corrected chi connectivity index (χ3v) is 4.23. The molecule has 0 radical (unpaired) electrons. The summed E-state index contributed by atoms with van der Waals surface area (Å²) in [7, 11) is 0. The van der Waals surface area contributed by atoms with Crippen LogP contribution in [0.25, 0.3) is 10.9 Å². The van der Waals surface area contributed by atoms with Crippen molar-refractivity contribution in [3.8, 4) is 11.5 Å². The summed E-state index contributed by atoms with van der Waals surface area (Å²) in [5.41, 5.74) is 1.46. The van der Waals surface area contributed by atoms with Gasteiger partial charge in [-0.1, -0.05) is 44.4 Å². The Labute approximate surface area is 154 Å². The lowest BCUT2D eigenvalue weighted by molar-refractivity contribution is -0.116. The summed E-state index contributed by atoms with van der Waals surface area (Å²) < 4.78 is 5.99. The van der Waals surface area contributed by atoms with Gasteiger partial charge in [-0.15, -0.1) is 0 Å². The predicted molar refractivity (Wildman–Crippen MR) is 106 cm³/mol. The van der Waals surface area contributed by atoms with Crippen molar-refractivity contribution in [1.29, 1.82) is 0 Å². The number of unbranched alkanes of at least 4 members (excludes halogenated alkanes) is 3. The number of carbonyl (C=O) groups excluding carboxylic acids is 1. The van der Waals surface area contributed by atoms with Crippen LogP contribution >= 0.6 is 0 Å².